The van der Waals surface area contributed by atoms with Crippen molar-refractivity contribution in [1.29, 1.82) is 0 Å². The number of hydrogen-bond donors (Lipinski definition) is 2. The Balaban J connectivity index is 1.91. The van der Waals surface area contributed by atoms with Gasteiger partial charge in [0.1, 0.15) is 17.5 Å². The molecule has 0 radical (unpaired) electrons. The fourth-order valence-electron chi connectivity index (χ4n) is 4.96. The van der Waals surface area contributed by atoms with E-state index in [4.69, 9.17) is 6.57 Å². The second kappa shape index (κ2) is 9.72. The Bertz CT molecular complexity index is 1150. The number of benzene rings is 1. The average Bonchev–Trinajstić information content (AvgIpc) is 3.33. The van der Waals surface area contributed by atoms with Crippen molar-refractivity contribution in [3.8, 4) is 0 Å². The zero-order chi connectivity index (χ0) is 27.9. The van der Waals surface area contributed by atoms with Crippen molar-refractivity contribution >= 4 is 29.3 Å². The number of fused-ring (bicyclic) bond motifs is 2. The summed E-state index contributed by atoms with van der Waals surface area (Å²) in [4.78, 5) is 58.0. The van der Waals surface area contributed by atoms with Crippen LogP contribution in [0.15, 0.2) is 24.3 Å². The van der Waals surface area contributed by atoms with Crippen LogP contribution in [-0.2, 0) is 24.6 Å². The molecular formula is C26H33F2N5O4. The predicted octanol–water partition coefficient (Wildman–Crippen LogP) is 2.78. The quantitative estimate of drug-likeness (QED) is 0.567. The molecule has 1 spiro atoms. The number of halogens is 2. The van der Waals surface area contributed by atoms with Gasteiger partial charge in [-0.25, -0.2) is 6.57 Å². The monoisotopic (exact) mass is 517 g/mol. The molecule has 2 heterocycles. The van der Waals surface area contributed by atoms with Gasteiger partial charge in [-0.05, 0) is 30.4 Å². The summed E-state index contributed by atoms with van der Waals surface area (Å²) in [6.07, 6.45) is -0.607. The van der Waals surface area contributed by atoms with Crippen LogP contribution in [0.2, 0.25) is 0 Å². The normalized spacial score (nSPS) is 22.6. The Hall–Kier alpha value is -3.55. The minimum absolute atomic E-state index is 0.0290. The number of carbonyl (C=O) groups excluding carboxylic acids is 4. The van der Waals surface area contributed by atoms with Gasteiger partial charge in [0.25, 0.3) is 11.8 Å². The van der Waals surface area contributed by atoms with Crippen molar-refractivity contribution in [3.63, 3.8) is 0 Å². The van der Waals surface area contributed by atoms with Crippen LogP contribution < -0.4 is 10.6 Å². The number of amides is 4. The summed E-state index contributed by atoms with van der Waals surface area (Å²) in [7, 11) is 1.37. The Labute approximate surface area is 215 Å². The number of nitrogens with one attached hydrogen (secondary N) is 2. The lowest BCUT2D eigenvalue weighted by Crippen LogP contribution is -2.57. The van der Waals surface area contributed by atoms with Crippen LogP contribution in [-0.4, -0.2) is 71.2 Å². The van der Waals surface area contributed by atoms with Crippen LogP contribution in [0.1, 0.15) is 53.0 Å². The molecule has 4 amide bonds. The molecule has 11 heteroatoms. The zero-order valence-corrected chi connectivity index (χ0v) is 21.9. The van der Waals surface area contributed by atoms with Gasteiger partial charge in [-0.1, -0.05) is 39.0 Å². The number of rotatable bonds is 6. The second-order valence-electron chi connectivity index (χ2n) is 11.2. The fraction of sp³-hybridized carbons (Fsp3) is 0.577. The summed E-state index contributed by atoms with van der Waals surface area (Å²) < 4.78 is 26.7. The van der Waals surface area contributed by atoms with Gasteiger partial charge in [-0.15, -0.1) is 0 Å². The van der Waals surface area contributed by atoms with Gasteiger partial charge in [-0.2, -0.15) is 8.78 Å². The van der Waals surface area contributed by atoms with Gasteiger partial charge in [0.05, 0.1) is 6.42 Å². The number of nitrogens with zero attached hydrogens (tertiary/aromatic N) is 3. The first-order chi connectivity index (χ1) is 17.0. The molecule has 9 nitrogen and oxygen atoms in total. The van der Waals surface area contributed by atoms with E-state index < -0.39 is 52.7 Å². The molecule has 2 N–H and O–H groups in total. The Morgan fingerprint density at radius 1 is 1.27 bits per heavy atom. The standard InChI is InChI=1S/C26H33F2N5O4/c1-15(30-22(36)25(5,27)28)20(34)32(7)18(12-24(2,3)4)21(35)33-14-26(13-19(33)29-6)16-10-8-9-11-17(16)31-23(26)37/h8-11,15,18-19H,12-14H2,1-5,7H3,(H,30,36)(H,31,37)/t15-,18-,19-,26-/m0/s1. The van der Waals surface area contributed by atoms with Crippen LogP contribution in [0.5, 0.6) is 0 Å². The molecule has 0 aromatic heterocycles. The third-order valence-corrected chi connectivity index (χ3v) is 6.91. The van der Waals surface area contributed by atoms with E-state index in [1.807, 2.05) is 26.1 Å². The topological polar surface area (TPSA) is 103 Å². The Kier molecular flexibility index (Phi) is 7.37. The highest BCUT2D eigenvalue weighted by Crippen LogP contribution is 2.47. The molecule has 0 saturated carbocycles. The Morgan fingerprint density at radius 3 is 2.46 bits per heavy atom. The largest absolute Gasteiger partial charge is 0.339 e. The first-order valence-corrected chi connectivity index (χ1v) is 12.1. The van der Waals surface area contributed by atoms with Crippen molar-refractivity contribution < 1.29 is 28.0 Å². The average molecular weight is 518 g/mol. The number of likely N-dealkylation sites (tertiary alicyclic amines) is 1. The summed E-state index contributed by atoms with van der Waals surface area (Å²) in [5.74, 6) is -6.79. The minimum Gasteiger partial charge on any atom is -0.339 e. The molecule has 37 heavy (non-hydrogen) atoms. The number of carbonyl (C=O) groups is 4. The van der Waals surface area contributed by atoms with Gasteiger partial charge >= 0.3 is 12.1 Å². The van der Waals surface area contributed by atoms with Gasteiger partial charge in [0, 0.05) is 26.2 Å². The van der Waals surface area contributed by atoms with E-state index in [2.05, 4.69) is 10.2 Å². The van der Waals surface area contributed by atoms with Crippen molar-refractivity contribution in [2.24, 2.45) is 5.41 Å². The number of alkyl halides is 2. The van der Waals surface area contributed by atoms with E-state index in [9.17, 15) is 28.0 Å². The first-order valence-electron chi connectivity index (χ1n) is 12.1. The number of likely N-dealkylation sites (N-methyl/N-ethyl adjacent to an activating group) is 1. The van der Waals surface area contributed by atoms with Crippen LogP contribution in [0.4, 0.5) is 14.5 Å². The molecule has 1 aromatic rings. The van der Waals surface area contributed by atoms with E-state index in [1.165, 1.54) is 18.9 Å². The van der Waals surface area contributed by atoms with Gasteiger partial charge in [-0.3, -0.25) is 28.9 Å². The SMILES string of the molecule is [C-]#[N+][C@@H]1C[C@@]2(CN1C(=O)[C@H](CC(C)(C)C)N(C)C(=O)[C@H](C)NC(=O)C(C)(F)F)C(=O)Nc1ccccc12. The summed E-state index contributed by atoms with van der Waals surface area (Å²) >= 11 is 0. The van der Waals surface area contributed by atoms with Crippen molar-refractivity contribution in [2.75, 3.05) is 18.9 Å². The van der Waals surface area contributed by atoms with E-state index in [0.717, 1.165) is 10.5 Å². The molecular weight excluding hydrogens is 484 g/mol. The molecule has 4 atom stereocenters. The molecule has 1 fully saturated rings. The summed E-state index contributed by atoms with van der Waals surface area (Å²) in [5.41, 5.74) is -0.149. The molecule has 0 bridgehead atoms. The first kappa shape index (κ1) is 28.0. The molecule has 2 aliphatic heterocycles. The fourth-order valence-corrected chi connectivity index (χ4v) is 4.96. The van der Waals surface area contributed by atoms with Crippen molar-refractivity contribution in [2.45, 2.75) is 77.0 Å². The van der Waals surface area contributed by atoms with Crippen molar-refractivity contribution in [3.05, 3.63) is 41.2 Å². The van der Waals surface area contributed by atoms with E-state index in [-0.39, 0.29) is 25.3 Å². The van der Waals surface area contributed by atoms with Crippen molar-refractivity contribution in [1.82, 2.24) is 15.1 Å². The smallest absolute Gasteiger partial charge is 0.321 e. The van der Waals surface area contributed by atoms with E-state index in [1.54, 1.807) is 24.3 Å². The Morgan fingerprint density at radius 2 is 1.89 bits per heavy atom. The minimum atomic E-state index is -3.67. The maximum Gasteiger partial charge on any atom is 0.321 e. The highest BCUT2D eigenvalue weighted by molar-refractivity contribution is 6.07. The van der Waals surface area contributed by atoms with Gasteiger partial charge in [0.2, 0.25) is 11.8 Å². The van der Waals surface area contributed by atoms with Crippen LogP contribution in [0.25, 0.3) is 4.85 Å². The highest BCUT2D eigenvalue weighted by Gasteiger charge is 2.59. The summed E-state index contributed by atoms with van der Waals surface area (Å²) in [6, 6.07) is 4.79. The molecule has 0 unspecified atom stereocenters. The summed E-state index contributed by atoms with van der Waals surface area (Å²) in [6.45, 7) is 15.1. The third kappa shape index (κ3) is 5.43. The number of para-hydroxylation sites is 1. The molecule has 1 saturated heterocycles. The number of anilines is 1. The molecule has 2 aliphatic rings. The number of hydrogen-bond acceptors (Lipinski definition) is 4. The zero-order valence-electron chi connectivity index (χ0n) is 21.9. The van der Waals surface area contributed by atoms with Crippen LogP contribution in [0, 0.1) is 12.0 Å². The lowest BCUT2D eigenvalue weighted by atomic mass is 9.80. The molecule has 1 aromatic carbocycles. The van der Waals surface area contributed by atoms with Gasteiger partial charge in [0.15, 0.2) is 0 Å². The van der Waals surface area contributed by atoms with Gasteiger partial charge < -0.3 is 15.5 Å². The molecule has 3 rings (SSSR count). The second-order valence-corrected chi connectivity index (χ2v) is 11.2. The lowest BCUT2D eigenvalue weighted by Gasteiger charge is -2.36. The molecule has 200 valence electrons. The maximum absolute atomic E-state index is 14.0. The molecule has 0 aliphatic carbocycles. The lowest BCUT2D eigenvalue weighted by molar-refractivity contribution is -0.150. The maximum atomic E-state index is 14.0. The van der Waals surface area contributed by atoms with E-state index in [0.29, 0.717) is 12.6 Å². The third-order valence-electron chi connectivity index (χ3n) is 6.91. The van der Waals surface area contributed by atoms with E-state index >= 15 is 0 Å². The predicted molar refractivity (Wildman–Crippen MR) is 132 cm³/mol. The van der Waals surface area contributed by atoms with Crippen LogP contribution in [0.3, 0.4) is 0 Å². The van der Waals surface area contributed by atoms with Crippen LogP contribution >= 0.6 is 0 Å². The summed E-state index contributed by atoms with van der Waals surface area (Å²) in [5, 5.41) is 4.84. The highest BCUT2D eigenvalue weighted by atomic mass is 19.3.